The zero-order valence-electron chi connectivity index (χ0n) is 26.8. The molecule has 0 fully saturated rings. The number of halogens is 2. The van der Waals surface area contributed by atoms with Crippen LogP contribution < -0.4 is 9.47 Å². The molecule has 0 N–H and O–H groups in total. The van der Waals surface area contributed by atoms with Crippen molar-refractivity contribution in [1.82, 2.24) is 0 Å². The molecule has 0 heterocycles. The van der Waals surface area contributed by atoms with Crippen molar-refractivity contribution in [2.75, 3.05) is 7.11 Å². The van der Waals surface area contributed by atoms with Gasteiger partial charge in [-0.05, 0) is 112 Å². The van der Waals surface area contributed by atoms with Crippen molar-refractivity contribution in [3.8, 4) is 11.5 Å². The van der Waals surface area contributed by atoms with E-state index in [4.69, 9.17) is 17.7 Å². The van der Waals surface area contributed by atoms with E-state index in [0.717, 1.165) is 43.5 Å². The normalized spacial score (nSPS) is 10.8. The zero-order chi connectivity index (χ0) is 28.1. The van der Waals surface area contributed by atoms with E-state index in [2.05, 4.69) is 88.6 Å². The summed E-state index contributed by atoms with van der Waals surface area (Å²) in [6, 6.07) is 18.4. The summed E-state index contributed by atoms with van der Waals surface area (Å²) in [5, 5.41) is 0. The Bertz CT molecular complexity index is 948. The Morgan fingerprint density at radius 2 is 1.02 bits per heavy atom. The van der Waals surface area contributed by atoms with Crippen LogP contribution >= 0.6 is 37.2 Å². The topological polar surface area (TPSA) is 54.0 Å². The van der Waals surface area contributed by atoms with Gasteiger partial charge in [-0.1, -0.05) is 24.3 Å². The quantitative estimate of drug-likeness (QED) is 0.0621. The van der Waals surface area contributed by atoms with Crippen molar-refractivity contribution in [2.24, 2.45) is 0 Å². The van der Waals surface area contributed by atoms with Crippen LogP contribution in [0.4, 0.5) is 0 Å². The minimum absolute atomic E-state index is 0. The van der Waals surface area contributed by atoms with Gasteiger partial charge in [0.15, 0.2) is 16.6 Å². The van der Waals surface area contributed by atoms with Crippen molar-refractivity contribution in [3.63, 3.8) is 0 Å². The molecule has 2 radical (unpaired) electrons. The molecule has 0 aliphatic heterocycles. The standard InChI is InChI=1S/C27H44O5Si3.2CH3.I2.2Y/c1-23(28)30-27-19-15-25(16-20-27)12-10-22-34(5,6)32-35(7,8)31-33(3,4)21-9-11-24-13-17-26(29-2)18-14-24;;;1-2;;/h13-20H,9-12,21-22H2,1-8H3;2*1H3;;;/q;2*-1;;;. The minimum Gasteiger partial charge on any atom is -0.497 e. The van der Waals surface area contributed by atoms with E-state index in [1.807, 2.05) is 36.4 Å². The van der Waals surface area contributed by atoms with Crippen LogP contribution in [0.5, 0.6) is 11.5 Å². The Morgan fingerprint density at radius 1 is 0.683 bits per heavy atom. The molecule has 0 atom stereocenters. The van der Waals surface area contributed by atoms with Gasteiger partial charge < -0.3 is 32.6 Å². The first-order valence-electron chi connectivity index (χ1n) is 12.7. The van der Waals surface area contributed by atoms with Gasteiger partial charge in [-0.25, -0.2) is 0 Å². The van der Waals surface area contributed by atoms with E-state index >= 15 is 0 Å². The fourth-order valence-corrected chi connectivity index (χ4v) is 18.6. The van der Waals surface area contributed by atoms with Crippen LogP contribution in [0.3, 0.4) is 0 Å². The molecule has 0 aliphatic carbocycles. The van der Waals surface area contributed by atoms with Gasteiger partial charge in [-0.3, -0.25) is 4.79 Å². The number of aryl methyl sites for hydroxylation is 2. The number of carbonyl (C=O) groups excluding carboxylic acids is 1. The number of esters is 1. The Labute approximate surface area is 328 Å². The number of hydrogen-bond acceptors (Lipinski definition) is 5. The zero-order valence-corrected chi connectivity index (χ0v) is 39.8. The Kier molecular flexibility index (Phi) is 30.5. The Balaban J connectivity index is -0.00000111. The second-order valence-corrected chi connectivity index (χ2v) is 23.4. The summed E-state index contributed by atoms with van der Waals surface area (Å²) >= 11 is 4.24. The maximum atomic E-state index is 11.1. The summed E-state index contributed by atoms with van der Waals surface area (Å²) in [4.78, 5) is 11.1. The van der Waals surface area contributed by atoms with Crippen molar-refractivity contribution in [1.29, 1.82) is 0 Å². The van der Waals surface area contributed by atoms with Crippen LogP contribution in [0.1, 0.15) is 30.9 Å². The maximum Gasteiger partial charge on any atom is 0.311 e. The van der Waals surface area contributed by atoms with Gasteiger partial charge in [0, 0.05) is 110 Å². The average Bonchev–Trinajstić information content (AvgIpc) is 2.80. The molecule has 230 valence electrons. The largest absolute Gasteiger partial charge is 0.497 e. The molecule has 0 saturated carbocycles. The van der Waals surface area contributed by atoms with Crippen LogP contribution in [0.15, 0.2) is 48.5 Å². The third-order valence-electron chi connectivity index (χ3n) is 5.88. The molecule has 5 nitrogen and oxygen atoms in total. The molecule has 0 spiro atoms. The summed E-state index contributed by atoms with van der Waals surface area (Å²) in [5.41, 5.74) is 2.60. The molecule has 2 rings (SSSR count). The van der Waals surface area contributed by atoms with Gasteiger partial charge in [0.05, 0.1) is 7.11 Å². The summed E-state index contributed by atoms with van der Waals surface area (Å²) < 4.78 is 23.9. The van der Waals surface area contributed by atoms with Gasteiger partial charge in [0.2, 0.25) is 0 Å². The van der Waals surface area contributed by atoms with Crippen LogP contribution in [0.2, 0.25) is 51.4 Å². The summed E-state index contributed by atoms with van der Waals surface area (Å²) in [5.74, 6) is 1.21. The second-order valence-electron chi connectivity index (χ2n) is 10.9. The number of hydrogen-bond donors (Lipinski definition) is 0. The SMILES string of the molecule is COc1ccc(CCC[Si](C)(C)O[Si](C)(C)O[Si](C)(C)CCCc2ccc(OC(C)=O)cc2)cc1.II.[CH3-].[CH3-].[Y].[Y]. The first-order valence-corrected chi connectivity index (χ1v) is 28.1. The van der Waals surface area contributed by atoms with E-state index in [0.29, 0.717) is 5.75 Å². The van der Waals surface area contributed by atoms with Gasteiger partial charge in [0.1, 0.15) is 11.5 Å². The summed E-state index contributed by atoms with van der Waals surface area (Å²) in [6.45, 7) is 15.1. The van der Waals surface area contributed by atoms with Crippen LogP contribution in [0, 0.1) is 14.9 Å². The molecule has 41 heavy (non-hydrogen) atoms. The monoisotopic (exact) mass is 994 g/mol. The van der Waals surface area contributed by atoms with E-state index in [1.54, 1.807) is 7.11 Å². The molecule has 12 heteroatoms. The Hall–Kier alpha value is 1.95. The van der Waals surface area contributed by atoms with Crippen molar-refractivity contribution in [3.05, 3.63) is 74.5 Å². The van der Waals surface area contributed by atoms with E-state index < -0.39 is 25.2 Å². The fourth-order valence-electron chi connectivity index (χ4n) is 4.57. The fraction of sp³-hybridized carbons (Fsp3) is 0.483. The van der Waals surface area contributed by atoms with Crippen LogP contribution in [0.25, 0.3) is 0 Å². The van der Waals surface area contributed by atoms with E-state index in [9.17, 15) is 4.79 Å². The molecule has 2 aromatic carbocycles. The van der Waals surface area contributed by atoms with Crippen molar-refractivity contribution in [2.45, 2.75) is 84.0 Å². The number of carbonyl (C=O) groups is 1. The van der Waals surface area contributed by atoms with Gasteiger partial charge in [-0.15, -0.1) is 0 Å². The van der Waals surface area contributed by atoms with Crippen molar-refractivity contribution < 1.29 is 87.9 Å². The van der Waals surface area contributed by atoms with Gasteiger partial charge >= 0.3 is 14.5 Å². The molecule has 0 saturated heterocycles. The van der Waals surface area contributed by atoms with Crippen LogP contribution in [-0.2, 0) is 91.3 Å². The third kappa shape index (κ3) is 23.0. The third-order valence-corrected chi connectivity index (χ3v) is 17.3. The molecule has 0 aliphatic rings. The average molecular weight is 995 g/mol. The molecule has 0 unspecified atom stereocenters. The maximum absolute atomic E-state index is 11.1. The van der Waals surface area contributed by atoms with E-state index in [1.165, 1.54) is 18.1 Å². The van der Waals surface area contributed by atoms with Crippen LogP contribution in [-0.4, -0.2) is 38.3 Å². The number of rotatable bonds is 14. The molecular weight excluding hydrogens is 944 g/mol. The minimum atomic E-state index is -2.21. The molecule has 2 aromatic rings. The summed E-state index contributed by atoms with van der Waals surface area (Å²) in [6.07, 6.45) is 4.27. The molecular formula is C29H50I2O5Si3Y2-2. The first-order chi connectivity index (χ1) is 17.3. The molecule has 0 amide bonds. The van der Waals surface area contributed by atoms with Gasteiger partial charge in [-0.2, -0.15) is 0 Å². The van der Waals surface area contributed by atoms with Crippen molar-refractivity contribution >= 4 is 68.4 Å². The predicted octanol–water partition coefficient (Wildman–Crippen LogP) is 10.00. The van der Waals surface area contributed by atoms with E-state index in [-0.39, 0.29) is 86.2 Å². The molecule has 0 aromatic heterocycles. The number of methoxy groups -OCH3 is 1. The molecule has 0 bridgehead atoms. The smallest absolute Gasteiger partial charge is 0.311 e. The predicted molar refractivity (Wildman–Crippen MR) is 192 cm³/mol. The number of benzene rings is 2. The van der Waals surface area contributed by atoms with Gasteiger partial charge in [0.25, 0.3) is 0 Å². The number of ether oxygens (including phenoxy) is 2. The second kappa shape index (κ2) is 25.1. The first kappa shape index (κ1) is 49.8. The Morgan fingerprint density at radius 3 is 1.34 bits per heavy atom. The summed E-state index contributed by atoms with van der Waals surface area (Å²) in [7, 11) is -4.16.